The molecular formula is C25H22N4O3S. The molecule has 5 rings (SSSR count). The van der Waals surface area contributed by atoms with Gasteiger partial charge < -0.3 is 14.5 Å². The number of para-hydroxylation sites is 1. The van der Waals surface area contributed by atoms with Gasteiger partial charge in [0, 0.05) is 22.4 Å². The number of hydrogen-bond acceptors (Lipinski definition) is 6. The van der Waals surface area contributed by atoms with Gasteiger partial charge in [-0.05, 0) is 57.2 Å². The fourth-order valence-corrected chi connectivity index (χ4v) is 4.24. The van der Waals surface area contributed by atoms with Gasteiger partial charge in [-0.1, -0.05) is 18.2 Å². The zero-order valence-electron chi connectivity index (χ0n) is 18.4. The number of aryl methyl sites for hydroxylation is 1. The average molecular weight is 459 g/mol. The van der Waals surface area contributed by atoms with Crippen molar-refractivity contribution in [3.63, 3.8) is 0 Å². The number of nitrogens with one attached hydrogen (secondary N) is 1. The van der Waals surface area contributed by atoms with E-state index in [1.54, 1.807) is 28.9 Å². The highest BCUT2D eigenvalue weighted by molar-refractivity contribution is 7.12. The predicted molar refractivity (Wildman–Crippen MR) is 129 cm³/mol. The van der Waals surface area contributed by atoms with Gasteiger partial charge in [-0.2, -0.15) is 9.78 Å². The number of aromatic nitrogens is 3. The summed E-state index contributed by atoms with van der Waals surface area (Å²) >= 11 is 1.43. The molecule has 33 heavy (non-hydrogen) atoms. The summed E-state index contributed by atoms with van der Waals surface area (Å²) in [5, 5.41) is 11.0. The Morgan fingerprint density at radius 2 is 1.91 bits per heavy atom. The van der Waals surface area contributed by atoms with Crippen LogP contribution in [0.3, 0.4) is 0 Å². The van der Waals surface area contributed by atoms with Crippen molar-refractivity contribution in [2.24, 2.45) is 0 Å². The van der Waals surface area contributed by atoms with E-state index in [4.69, 9.17) is 14.1 Å². The highest BCUT2D eigenvalue weighted by atomic mass is 32.1. The molecule has 0 spiro atoms. The van der Waals surface area contributed by atoms with Crippen molar-refractivity contribution in [2.45, 2.75) is 26.9 Å². The van der Waals surface area contributed by atoms with Crippen LogP contribution in [0.1, 0.15) is 29.9 Å². The molecule has 3 heterocycles. The summed E-state index contributed by atoms with van der Waals surface area (Å²) in [6, 6.07) is 18.7. The van der Waals surface area contributed by atoms with Crippen molar-refractivity contribution in [3.05, 3.63) is 77.3 Å². The van der Waals surface area contributed by atoms with E-state index < -0.39 is 0 Å². The molecule has 2 aromatic carbocycles. The van der Waals surface area contributed by atoms with Crippen molar-refractivity contribution in [3.8, 4) is 22.3 Å². The minimum absolute atomic E-state index is 0.0738. The summed E-state index contributed by atoms with van der Waals surface area (Å²) in [5.74, 6) is 1.73. The molecule has 0 saturated carbocycles. The van der Waals surface area contributed by atoms with Gasteiger partial charge in [0.1, 0.15) is 22.8 Å². The van der Waals surface area contributed by atoms with E-state index in [1.165, 1.54) is 11.3 Å². The highest BCUT2D eigenvalue weighted by Crippen LogP contribution is 2.30. The Balaban J connectivity index is 1.38. The molecule has 8 heteroatoms. The standard InChI is InChI=1S/C25H22N4O3S/c1-15(2)31-19-10-8-17(9-11-19)24(30)27-23-12-16(3)28-29(23)25-26-20(14-33-25)22-13-18-6-4-5-7-21(18)32-22/h4-15H,1-3H3,(H,27,30). The van der Waals surface area contributed by atoms with Gasteiger partial charge >= 0.3 is 0 Å². The first-order valence-corrected chi connectivity index (χ1v) is 11.4. The van der Waals surface area contributed by atoms with E-state index in [2.05, 4.69) is 10.4 Å². The zero-order chi connectivity index (χ0) is 22.9. The number of thiazole rings is 1. The SMILES string of the molecule is Cc1cc(NC(=O)c2ccc(OC(C)C)cc2)n(-c2nc(-c3cc4ccccc4o3)cs2)n1. The van der Waals surface area contributed by atoms with Crippen LogP contribution in [0.4, 0.5) is 5.82 Å². The predicted octanol–water partition coefficient (Wildman–Crippen LogP) is 6.09. The number of fused-ring (bicyclic) bond motifs is 1. The summed E-state index contributed by atoms with van der Waals surface area (Å²) in [6.45, 7) is 5.79. The largest absolute Gasteiger partial charge is 0.491 e. The maximum Gasteiger partial charge on any atom is 0.256 e. The molecule has 0 fully saturated rings. The van der Waals surface area contributed by atoms with Crippen LogP contribution in [0.25, 0.3) is 27.6 Å². The number of nitrogens with zero attached hydrogens (tertiary/aromatic N) is 3. The van der Waals surface area contributed by atoms with E-state index >= 15 is 0 Å². The van der Waals surface area contributed by atoms with E-state index in [1.807, 2.05) is 62.5 Å². The van der Waals surface area contributed by atoms with Gasteiger partial charge in [0.2, 0.25) is 5.13 Å². The molecule has 7 nitrogen and oxygen atoms in total. The third-order valence-electron chi connectivity index (χ3n) is 4.91. The van der Waals surface area contributed by atoms with Crippen molar-refractivity contribution >= 4 is 34.0 Å². The summed E-state index contributed by atoms with van der Waals surface area (Å²) in [5.41, 5.74) is 2.83. The maximum atomic E-state index is 12.8. The number of furan rings is 1. The topological polar surface area (TPSA) is 82.2 Å². The molecule has 5 aromatic rings. The maximum absolute atomic E-state index is 12.8. The van der Waals surface area contributed by atoms with Crippen LogP contribution >= 0.6 is 11.3 Å². The molecular weight excluding hydrogens is 436 g/mol. The number of rotatable bonds is 6. The van der Waals surface area contributed by atoms with Gasteiger partial charge in [-0.25, -0.2) is 4.98 Å². The van der Waals surface area contributed by atoms with Crippen molar-refractivity contribution < 1.29 is 13.9 Å². The van der Waals surface area contributed by atoms with Crippen LogP contribution in [0.15, 0.2) is 70.5 Å². The number of anilines is 1. The molecule has 0 unspecified atom stereocenters. The Labute approximate surface area is 194 Å². The Morgan fingerprint density at radius 1 is 1.12 bits per heavy atom. The van der Waals surface area contributed by atoms with E-state index in [0.717, 1.165) is 28.1 Å². The smallest absolute Gasteiger partial charge is 0.256 e. The quantitative estimate of drug-likeness (QED) is 0.333. The lowest BCUT2D eigenvalue weighted by molar-refractivity contribution is 0.102. The Kier molecular flexibility index (Phi) is 5.43. The number of amides is 1. The zero-order valence-corrected chi connectivity index (χ0v) is 19.2. The third kappa shape index (κ3) is 4.38. The first kappa shape index (κ1) is 21.0. The number of ether oxygens (including phenoxy) is 1. The molecule has 1 amide bonds. The first-order chi connectivity index (χ1) is 16.0. The lowest BCUT2D eigenvalue weighted by Crippen LogP contribution is -2.15. The van der Waals surface area contributed by atoms with E-state index in [9.17, 15) is 4.79 Å². The summed E-state index contributed by atoms with van der Waals surface area (Å²) < 4.78 is 13.2. The van der Waals surface area contributed by atoms with Crippen molar-refractivity contribution in [1.29, 1.82) is 0 Å². The molecule has 0 atom stereocenters. The van der Waals surface area contributed by atoms with Crippen LogP contribution in [0.5, 0.6) is 5.75 Å². The molecule has 3 aromatic heterocycles. The van der Waals surface area contributed by atoms with Gasteiger partial charge in [0.25, 0.3) is 5.91 Å². The normalized spacial score (nSPS) is 11.3. The number of benzene rings is 2. The van der Waals surface area contributed by atoms with Crippen molar-refractivity contribution in [2.75, 3.05) is 5.32 Å². The van der Waals surface area contributed by atoms with E-state index in [0.29, 0.717) is 22.3 Å². The van der Waals surface area contributed by atoms with Gasteiger partial charge in [-0.3, -0.25) is 4.79 Å². The van der Waals surface area contributed by atoms with Crippen molar-refractivity contribution in [1.82, 2.24) is 14.8 Å². The summed E-state index contributed by atoms with van der Waals surface area (Å²) in [6.07, 6.45) is 0.0738. The lowest BCUT2D eigenvalue weighted by Gasteiger charge is -2.10. The minimum atomic E-state index is -0.235. The minimum Gasteiger partial charge on any atom is -0.491 e. The van der Waals surface area contributed by atoms with Crippen LogP contribution < -0.4 is 10.1 Å². The second-order valence-corrected chi connectivity index (χ2v) is 8.73. The summed E-state index contributed by atoms with van der Waals surface area (Å²) in [7, 11) is 0. The molecule has 0 aliphatic carbocycles. The second kappa shape index (κ2) is 8.55. The van der Waals surface area contributed by atoms with Crippen LogP contribution in [0, 0.1) is 6.92 Å². The first-order valence-electron chi connectivity index (χ1n) is 10.6. The molecule has 1 N–H and O–H groups in total. The van der Waals surface area contributed by atoms with Crippen LogP contribution in [0.2, 0.25) is 0 Å². The lowest BCUT2D eigenvalue weighted by atomic mass is 10.2. The van der Waals surface area contributed by atoms with Gasteiger partial charge in [0.05, 0.1) is 11.8 Å². The molecule has 0 saturated heterocycles. The van der Waals surface area contributed by atoms with Crippen LogP contribution in [-0.4, -0.2) is 26.8 Å². The fourth-order valence-electron chi connectivity index (χ4n) is 3.46. The Morgan fingerprint density at radius 3 is 2.67 bits per heavy atom. The van der Waals surface area contributed by atoms with E-state index in [-0.39, 0.29) is 12.0 Å². The summed E-state index contributed by atoms with van der Waals surface area (Å²) in [4.78, 5) is 17.5. The average Bonchev–Trinajstić information content (AvgIpc) is 3.51. The fraction of sp³-hybridized carbons (Fsp3) is 0.160. The monoisotopic (exact) mass is 458 g/mol. The highest BCUT2D eigenvalue weighted by Gasteiger charge is 2.17. The Bertz CT molecular complexity index is 1400. The molecule has 0 bridgehead atoms. The molecule has 0 radical (unpaired) electrons. The third-order valence-corrected chi connectivity index (χ3v) is 5.73. The molecule has 166 valence electrons. The number of carbonyl (C=O) groups excluding carboxylic acids is 1. The van der Waals surface area contributed by atoms with Gasteiger partial charge in [0.15, 0.2) is 5.76 Å². The number of carbonyl (C=O) groups is 1. The molecule has 0 aliphatic rings. The Hall–Kier alpha value is -3.91. The van der Waals surface area contributed by atoms with Gasteiger partial charge in [-0.15, -0.1) is 11.3 Å². The second-order valence-electron chi connectivity index (χ2n) is 7.89. The number of hydrogen-bond donors (Lipinski definition) is 1. The van der Waals surface area contributed by atoms with Crippen LogP contribution in [-0.2, 0) is 0 Å². The molecule has 0 aliphatic heterocycles.